The van der Waals surface area contributed by atoms with Gasteiger partial charge in [-0.2, -0.15) is 0 Å². The maximum Gasteiger partial charge on any atom is 0.187 e. The second-order valence-electron chi connectivity index (χ2n) is 3.31. The van der Waals surface area contributed by atoms with Crippen molar-refractivity contribution < 1.29 is 5.11 Å². The van der Waals surface area contributed by atoms with Gasteiger partial charge < -0.3 is 5.11 Å². The van der Waals surface area contributed by atoms with Crippen LogP contribution in [-0.2, 0) is 0 Å². The highest BCUT2D eigenvalue weighted by Crippen LogP contribution is 2.17. The minimum absolute atomic E-state index is 0. The van der Waals surface area contributed by atoms with E-state index in [1.165, 1.54) is 12.8 Å². The number of hydrogen-bond donors (Lipinski definition) is 1. The van der Waals surface area contributed by atoms with Gasteiger partial charge in [-0.15, -0.1) is 0 Å². The first-order valence-corrected chi connectivity index (χ1v) is 4.34. The zero-order chi connectivity index (χ0) is 8.04. The molecule has 0 saturated carbocycles. The molecule has 2 heteroatoms. The molecular weight excluding hydrogens is 151 g/mol. The fourth-order valence-corrected chi connectivity index (χ4v) is 0.933. The first-order valence-electron chi connectivity index (χ1n) is 4.34. The van der Waals surface area contributed by atoms with Crippen molar-refractivity contribution in [1.82, 2.24) is 0 Å². The number of hydrogen-bond acceptors (Lipinski definition) is 1. The SMILES string of the molecule is CCCCCC(C)(O)CC.[AlH3]. The van der Waals surface area contributed by atoms with E-state index in [0.717, 1.165) is 19.3 Å². The first kappa shape index (κ1) is 14.0. The summed E-state index contributed by atoms with van der Waals surface area (Å²) in [5.41, 5.74) is -0.408. The smallest absolute Gasteiger partial charge is 0.187 e. The fourth-order valence-electron chi connectivity index (χ4n) is 0.933. The first-order chi connectivity index (χ1) is 4.62. The molecule has 0 aliphatic carbocycles. The molecule has 0 aromatic rings. The number of rotatable bonds is 5. The van der Waals surface area contributed by atoms with Gasteiger partial charge in [0.2, 0.25) is 0 Å². The summed E-state index contributed by atoms with van der Waals surface area (Å²) in [6, 6.07) is 0. The van der Waals surface area contributed by atoms with Crippen LogP contribution in [0.2, 0.25) is 0 Å². The van der Waals surface area contributed by atoms with E-state index < -0.39 is 5.60 Å². The van der Waals surface area contributed by atoms with Crippen molar-refractivity contribution in [2.75, 3.05) is 0 Å². The van der Waals surface area contributed by atoms with Crippen molar-refractivity contribution in [1.29, 1.82) is 0 Å². The van der Waals surface area contributed by atoms with Crippen LogP contribution in [0.4, 0.5) is 0 Å². The topological polar surface area (TPSA) is 20.2 Å². The Hall–Kier alpha value is 0.492. The van der Waals surface area contributed by atoms with Crippen molar-refractivity contribution in [3.8, 4) is 0 Å². The Morgan fingerprint density at radius 2 is 1.73 bits per heavy atom. The van der Waals surface area contributed by atoms with Crippen LogP contribution in [0.5, 0.6) is 0 Å². The molecular formula is C9H23AlO. The van der Waals surface area contributed by atoms with Gasteiger partial charge in [0.25, 0.3) is 0 Å². The minimum Gasteiger partial charge on any atom is -0.390 e. The van der Waals surface area contributed by atoms with Crippen LogP contribution >= 0.6 is 0 Å². The summed E-state index contributed by atoms with van der Waals surface area (Å²) in [4.78, 5) is 0. The molecule has 0 rings (SSSR count). The Morgan fingerprint density at radius 1 is 1.18 bits per heavy atom. The van der Waals surface area contributed by atoms with Gasteiger partial charge in [-0.05, 0) is 19.8 Å². The van der Waals surface area contributed by atoms with Gasteiger partial charge in [0, 0.05) is 0 Å². The Morgan fingerprint density at radius 3 is 2.09 bits per heavy atom. The summed E-state index contributed by atoms with van der Waals surface area (Å²) in [5, 5.41) is 9.55. The average Bonchev–Trinajstić information content (AvgIpc) is 1.89. The molecule has 11 heavy (non-hydrogen) atoms. The van der Waals surface area contributed by atoms with E-state index in [-0.39, 0.29) is 17.4 Å². The summed E-state index contributed by atoms with van der Waals surface area (Å²) in [6.45, 7) is 6.13. The molecule has 0 amide bonds. The molecule has 1 N–H and O–H groups in total. The molecule has 68 valence electrons. The lowest BCUT2D eigenvalue weighted by atomic mass is 9.96. The highest BCUT2D eigenvalue weighted by molar-refractivity contribution is 5.75. The molecule has 0 spiro atoms. The van der Waals surface area contributed by atoms with E-state index in [1.54, 1.807) is 0 Å². The maximum absolute atomic E-state index is 9.55. The average molecular weight is 174 g/mol. The van der Waals surface area contributed by atoms with E-state index in [9.17, 15) is 5.11 Å². The molecule has 0 aromatic carbocycles. The van der Waals surface area contributed by atoms with Crippen LogP contribution in [0.3, 0.4) is 0 Å². The Balaban J connectivity index is 0. The maximum atomic E-state index is 9.55. The van der Waals surface area contributed by atoms with Crippen molar-refractivity contribution >= 4 is 17.4 Å². The molecule has 0 aliphatic rings. The standard InChI is InChI=1S/C9H20O.Al.3H/c1-4-6-7-8-9(3,10)5-2;;;;/h10H,4-8H2,1-3H3;;;;. The Labute approximate surface area is 81.3 Å². The predicted molar refractivity (Wildman–Crippen MR) is 55.0 cm³/mol. The van der Waals surface area contributed by atoms with E-state index >= 15 is 0 Å². The van der Waals surface area contributed by atoms with Gasteiger partial charge in [0.1, 0.15) is 0 Å². The van der Waals surface area contributed by atoms with Gasteiger partial charge in [-0.3, -0.25) is 0 Å². The van der Waals surface area contributed by atoms with E-state index in [0.29, 0.717) is 0 Å². The molecule has 0 aliphatic heterocycles. The number of unbranched alkanes of at least 4 members (excludes halogenated alkanes) is 2. The molecule has 0 saturated heterocycles. The normalized spacial score (nSPS) is 15.3. The van der Waals surface area contributed by atoms with Crippen molar-refractivity contribution in [2.45, 2.75) is 58.5 Å². The molecule has 0 heterocycles. The monoisotopic (exact) mass is 174 g/mol. The minimum atomic E-state index is -0.408. The van der Waals surface area contributed by atoms with Crippen molar-refractivity contribution in [2.24, 2.45) is 0 Å². The zero-order valence-corrected chi connectivity index (χ0v) is 7.48. The third kappa shape index (κ3) is 8.40. The van der Waals surface area contributed by atoms with Crippen LogP contribution in [0.25, 0.3) is 0 Å². The number of aliphatic hydroxyl groups is 1. The molecule has 0 fully saturated rings. The summed E-state index contributed by atoms with van der Waals surface area (Å²) in [7, 11) is 0. The lowest BCUT2D eigenvalue weighted by Gasteiger charge is -2.20. The molecule has 1 atom stereocenters. The second-order valence-corrected chi connectivity index (χ2v) is 3.31. The van der Waals surface area contributed by atoms with Gasteiger partial charge in [0.05, 0.1) is 5.60 Å². The summed E-state index contributed by atoms with van der Waals surface area (Å²) >= 11 is 0. The van der Waals surface area contributed by atoms with E-state index in [4.69, 9.17) is 0 Å². The molecule has 0 bridgehead atoms. The van der Waals surface area contributed by atoms with Gasteiger partial charge >= 0.3 is 0 Å². The van der Waals surface area contributed by atoms with Crippen LogP contribution in [0.15, 0.2) is 0 Å². The Kier molecular flexibility index (Phi) is 9.14. The largest absolute Gasteiger partial charge is 0.390 e. The highest BCUT2D eigenvalue weighted by atomic mass is 27.0. The second kappa shape index (κ2) is 7.16. The van der Waals surface area contributed by atoms with Crippen LogP contribution in [-0.4, -0.2) is 28.1 Å². The highest BCUT2D eigenvalue weighted by Gasteiger charge is 2.15. The van der Waals surface area contributed by atoms with Gasteiger partial charge in [0.15, 0.2) is 17.4 Å². The van der Waals surface area contributed by atoms with Crippen LogP contribution < -0.4 is 0 Å². The lowest BCUT2D eigenvalue weighted by molar-refractivity contribution is 0.0444. The quantitative estimate of drug-likeness (QED) is 0.495. The van der Waals surface area contributed by atoms with Gasteiger partial charge in [-0.25, -0.2) is 0 Å². The van der Waals surface area contributed by atoms with E-state index in [1.807, 2.05) is 13.8 Å². The predicted octanol–water partition coefficient (Wildman–Crippen LogP) is 1.54. The lowest BCUT2D eigenvalue weighted by Crippen LogP contribution is -2.22. The summed E-state index contributed by atoms with van der Waals surface area (Å²) in [6.07, 6.45) is 5.47. The van der Waals surface area contributed by atoms with Crippen LogP contribution in [0, 0.1) is 0 Å². The Bertz CT molecular complexity index is 81.6. The van der Waals surface area contributed by atoms with Crippen molar-refractivity contribution in [3.63, 3.8) is 0 Å². The molecule has 1 unspecified atom stereocenters. The summed E-state index contributed by atoms with van der Waals surface area (Å²) in [5.74, 6) is 0. The summed E-state index contributed by atoms with van der Waals surface area (Å²) < 4.78 is 0. The fraction of sp³-hybridized carbons (Fsp3) is 1.00. The molecule has 1 nitrogen and oxygen atoms in total. The third-order valence-electron chi connectivity index (χ3n) is 2.08. The van der Waals surface area contributed by atoms with Crippen molar-refractivity contribution in [3.05, 3.63) is 0 Å². The van der Waals surface area contributed by atoms with Gasteiger partial charge in [-0.1, -0.05) is 33.1 Å². The molecule has 0 radical (unpaired) electrons. The molecule has 0 aromatic heterocycles. The third-order valence-corrected chi connectivity index (χ3v) is 2.08. The van der Waals surface area contributed by atoms with E-state index in [2.05, 4.69) is 6.92 Å². The zero-order valence-electron chi connectivity index (χ0n) is 7.48. The van der Waals surface area contributed by atoms with Crippen LogP contribution in [0.1, 0.15) is 52.9 Å².